The second-order valence-corrected chi connectivity index (χ2v) is 12.2. The van der Waals surface area contributed by atoms with Crippen LogP contribution in [0.3, 0.4) is 0 Å². The van der Waals surface area contributed by atoms with E-state index in [4.69, 9.17) is 32.2 Å². The first-order valence-electron chi connectivity index (χ1n) is 12.7. The van der Waals surface area contributed by atoms with Gasteiger partial charge in [-0.25, -0.2) is 9.59 Å². The summed E-state index contributed by atoms with van der Waals surface area (Å²) in [6, 6.07) is 0.541. The van der Waals surface area contributed by atoms with Crippen LogP contribution in [0.5, 0.6) is 0 Å². The Hall–Kier alpha value is -2.58. The summed E-state index contributed by atoms with van der Waals surface area (Å²) in [7, 11) is 1.83. The van der Waals surface area contributed by atoms with Gasteiger partial charge >= 0.3 is 32.7 Å². The Bertz CT molecular complexity index is 766. The molecule has 0 aromatic heterocycles. The first-order valence-corrected chi connectivity index (χ1v) is 14.6. The van der Waals surface area contributed by atoms with Crippen molar-refractivity contribution in [2.24, 2.45) is 0 Å². The van der Waals surface area contributed by atoms with Gasteiger partial charge in [-0.3, -0.25) is 9.59 Å². The smallest absolute Gasteiger partial charge is 0.462 e. The van der Waals surface area contributed by atoms with Crippen molar-refractivity contribution in [1.29, 1.82) is 0 Å². The molecular weight excluding hydrogens is 530 g/mol. The number of esters is 4. The van der Waals surface area contributed by atoms with E-state index in [1.54, 1.807) is 13.8 Å². The van der Waals surface area contributed by atoms with Crippen LogP contribution in [-0.4, -0.2) is 104 Å². The maximum absolute atomic E-state index is 12.3. The zero-order valence-electron chi connectivity index (χ0n) is 24.4. The summed E-state index contributed by atoms with van der Waals surface area (Å²) in [6.45, 7) is 14.3. The molecule has 0 aliphatic carbocycles. The van der Waals surface area contributed by atoms with E-state index in [1.807, 2.05) is 4.90 Å². The van der Waals surface area contributed by atoms with Crippen LogP contribution >= 0.6 is 0 Å². The van der Waals surface area contributed by atoms with E-state index in [2.05, 4.69) is 13.2 Å². The molecule has 0 aliphatic heterocycles. The summed E-state index contributed by atoms with van der Waals surface area (Å²) in [5.41, 5.74) is 0.513. The van der Waals surface area contributed by atoms with Crippen LogP contribution in [-0.2, 0) is 51.4 Å². The van der Waals surface area contributed by atoms with Gasteiger partial charge in [0.25, 0.3) is 0 Å². The van der Waals surface area contributed by atoms with E-state index in [1.165, 1.54) is 35.2 Å². The van der Waals surface area contributed by atoms with Crippen molar-refractivity contribution < 1.29 is 51.4 Å². The molecule has 0 rings (SSSR count). The summed E-state index contributed by atoms with van der Waals surface area (Å²) in [5.74, 6) is -2.04. The minimum absolute atomic E-state index is 0.0610. The molecule has 13 heteroatoms. The highest BCUT2D eigenvalue weighted by Crippen LogP contribution is 2.16. The zero-order valence-corrected chi connectivity index (χ0v) is 25.4. The number of hydrogen-bond acceptors (Lipinski definition) is 12. The van der Waals surface area contributed by atoms with Gasteiger partial charge < -0.3 is 37.1 Å². The minimum atomic E-state index is -2.77. The van der Waals surface area contributed by atoms with E-state index in [9.17, 15) is 19.2 Å². The van der Waals surface area contributed by atoms with Crippen molar-refractivity contribution in [2.75, 3.05) is 54.2 Å². The van der Waals surface area contributed by atoms with Gasteiger partial charge in [0, 0.05) is 51.6 Å². The topological polar surface area (TPSA) is 136 Å². The van der Waals surface area contributed by atoms with Crippen LogP contribution in [0.2, 0.25) is 6.04 Å². The Labute approximate surface area is 232 Å². The molecule has 0 saturated heterocycles. The van der Waals surface area contributed by atoms with Crippen molar-refractivity contribution in [2.45, 2.75) is 65.2 Å². The summed E-state index contributed by atoms with van der Waals surface area (Å²) in [6.07, 6.45) is -0.475. The molecule has 0 bridgehead atoms. The molecular formula is C26H45NO11Si. The lowest BCUT2D eigenvalue weighted by Gasteiger charge is -2.26. The third-order valence-corrected chi connectivity index (χ3v) is 8.26. The van der Waals surface area contributed by atoms with Gasteiger partial charge in [0.05, 0.1) is 12.8 Å². The predicted molar refractivity (Wildman–Crippen MR) is 145 cm³/mol. The number of rotatable bonds is 21. The van der Waals surface area contributed by atoms with Crippen molar-refractivity contribution in [3.63, 3.8) is 0 Å². The number of hydrogen-bond donors (Lipinski definition) is 0. The molecule has 0 spiro atoms. The molecule has 0 aromatic carbocycles. The lowest BCUT2D eigenvalue weighted by molar-refractivity contribution is -0.156. The summed E-state index contributed by atoms with van der Waals surface area (Å²) in [5, 5.41) is 0. The molecule has 0 heterocycles. The Morgan fingerprint density at radius 1 is 0.718 bits per heavy atom. The first kappa shape index (κ1) is 36.4. The molecule has 0 fully saturated rings. The average Bonchev–Trinajstić information content (AvgIpc) is 2.89. The third kappa shape index (κ3) is 16.2. The highest BCUT2D eigenvalue weighted by molar-refractivity contribution is 6.60. The monoisotopic (exact) mass is 575 g/mol. The number of carbonyl (C=O) groups is 4. The van der Waals surface area contributed by atoms with Gasteiger partial charge in [-0.2, -0.15) is 0 Å². The van der Waals surface area contributed by atoms with Crippen LogP contribution in [0.1, 0.15) is 47.0 Å². The van der Waals surface area contributed by atoms with Crippen molar-refractivity contribution in [3.05, 3.63) is 24.3 Å². The SMILES string of the molecule is C=C(C)C(=O)OC(C)COC(=O)CCN(CCC[Si](OC)(OC)OC)CCC(=O)OCC(C)OC(=O)C(=C)C. The molecule has 12 nitrogen and oxygen atoms in total. The van der Waals surface area contributed by atoms with Crippen LogP contribution < -0.4 is 0 Å². The predicted octanol–water partition coefficient (Wildman–Crippen LogP) is 2.44. The summed E-state index contributed by atoms with van der Waals surface area (Å²) in [4.78, 5) is 49.7. The number of nitrogens with zero attached hydrogens (tertiary/aromatic N) is 1. The molecule has 0 aliphatic rings. The van der Waals surface area contributed by atoms with E-state index in [0.29, 0.717) is 32.1 Å². The van der Waals surface area contributed by atoms with Gasteiger partial charge in [-0.15, -0.1) is 0 Å². The van der Waals surface area contributed by atoms with Gasteiger partial charge in [0.2, 0.25) is 0 Å². The normalized spacial score (nSPS) is 12.8. The van der Waals surface area contributed by atoms with Crippen molar-refractivity contribution in [3.8, 4) is 0 Å². The van der Waals surface area contributed by atoms with Crippen LogP contribution in [0.15, 0.2) is 24.3 Å². The lowest BCUT2D eigenvalue weighted by atomic mass is 10.3. The standard InChI is InChI=1S/C26H45NO11Si/c1-19(2)25(30)37-21(5)17-35-23(28)11-14-27(13-10-16-39(32-7,33-8)34-9)15-12-24(29)36-18-22(6)38-26(31)20(3)4/h21-22H,1,3,10-18H2,2,4-9H3. The summed E-state index contributed by atoms with van der Waals surface area (Å²) >= 11 is 0. The summed E-state index contributed by atoms with van der Waals surface area (Å²) < 4.78 is 37.0. The second-order valence-electron chi connectivity index (χ2n) is 9.10. The Morgan fingerprint density at radius 2 is 1.10 bits per heavy atom. The van der Waals surface area contributed by atoms with E-state index in [-0.39, 0.29) is 37.2 Å². The molecule has 2 atom stereocenters. The van der Waals surface area contributed by atoms with E-state index >= 15 is 0 Å². The Morgan fingerprint density at radius 3 is 1.44 bits per heavy atom. The average molecular weight is 576 g/mol. The molecule has 2 unspecified atom stereocenters. The van der Waals surface area contributed by atoms with Gasteiger partial charge in [0.15, 0.2) is 0 Å². The van der Waals surface area contributed by atoms with E-state index in [0.717, 1.165) is 0 Å². The van der Waals surface area contributed by atoms with Gasteiger partial charge in [0.1, 0.15) is 25.4 Å². The van der Waals surface area contributed by atoms with Crippen molar-refractivity contribution >= 4 is 32.7 Å². The van der Waals surface area contributed by atoms with Crippen LogP contribution in [0.4, 0.5) is 0 Å². The fraction of sp³-hybridized carbons (Fsp3) is 0.692. The maximum Gasteiger partial charge on any atom is 0.500 e. The maximum atomic E-state index is 12.3. The fourth-order valence-corrected chi connectivity index (χ4v) is 4.81. The van der Waals surface area contributed by atoms with Crippen molar-refractivity contribution in [1.82, 2.24) is 4.90 Å². The zero-order chi connectivity index (χ0) is 30.0. The third-order valence-electron chi connectivity index (χ3n) is 5.43. The van der Waals surface area contributed by atoms with Crippen LogP contribution in [0, 0.1) is 0 Å². The molecule has 0 amide bonds. The number of ether oxygens (including phenoxy) is 4. The fourth-order valence-electron chi connectivity index (χ4n) is 3.11. The van der Waals surface area contributed by atoms with E-state index < -0.39 is 44.9 Å². The molecule has 0 N–H and O–H groups in total. The second kappa shape index (κ2) is 19.5. The lowest BCUT2D eigenvalue weighted by Crippen LogP contribution is -2.43. The minimum Gasteiger partial charge on any atom is -0.462 e. The quantitative estimate of drug-likeness (QED) is 0.0860. The van der Waals surface area contributed by atoms with Gasteiger partial charge in [-0.05, 0) is 40.7 Å². The number of carbonyl (C=O) groups excluding carboxylic acids is 4. The Balaban J connectivity index is 4.86. The highest BCUT2D eigenvalue weighted by Gasteiger charge is 2.37. The largest absolute Gasteiger partial charge is 0.500 e. The Kier molecular flexibility index (Phi) is 18.2. The van der Waals surface area contributed by atoms with Gasteiger partial charge in [-0.1, -0.05) is 13.2 Å². The highest BCUT2D eigenvalue weighted by atomic mass is 28.4. The molecule has 0 radical (unpaired) electrons. The molecule has 0 aromatic rings. The first-order chi connectivity index (χ1) is 18.3. The molecule has 39 heavy (non-hydrogen) atoms. The van der Waals surface area contributed by atoms with Crippen LogP contribution in [0.25, 0.3) is 0 Å². The molecule has 224 valence electrons. The molecule has 0 saturated carbocycles.